The first-order chi connectivity index (χ1) is 13.5. The number of ether oxygens (including phenoxy) is 2. The Labute approximate surface area is 175 Å². The molecule has 0 saturated heterocycles. The Morgan fingerprint density at radius 1 is 1.25 bits per heavy atom. The van der Waals surface area contributed by atoms with E-state index < -0.39 is 0 Å². The predicted octanol–water partition coefficient (Wildman–Crippen LogP) is 4.49. The lowest BCUT2D eigenvalue weighted by atomic mass is 9.99. The van der Waals surface area contributed by atoms with Crippen LogP contribution in [0.3, 0.4) is 0 Å². The number of carbonyl (C=O) groups excluding carboxylic acids is 1. The summed E-state index contributed by atoms with van der Waals surface area (Å²) >= 11 is 3.49. The maximum absolute atomic E-state index is 12.9. The zero-order valence-electron chi connectivity index (χ0n) is 16.6. The zero-order valence-corrected chi connectivity index (χ0v) is 18.2. The van der Waals surface area contributed by atoms with E-state index in [4.69, 9.17) is 9.47 Å². The smallest absolute Gasteiger partial charge is 0.259 e. The molecule has 0 bridgehead atoms. The molecule has 0 aliphatic carbocycles. The van der Waals surface area contributed by atoms with Crippen molar-refractivity contribution in [1.82, 2.24) is 4.90 Å². The third-order valence-corrected chi connectivity index (χ3v) is 5.36. The molecule has 1 heterocycles. The van der Waals surface area contributed by atoms with Crippen LogP contribution in [0, 0.1) is 0 Å². The summed E-state index contributed by atoms with van der Waals surface area (Å²) in [5, 5.41) is 3.02. The summed E-state index contributed by atoms with van der Waals surface area (Å²) in [7, 11) is 1.73. The minimum absolute atomic E-state index is 0.0212. The standard InChI is InChI=1S/C22H27BrN2O3/c1-15(2)28-21-19(5-4-6-20(21)23)22(26)24-18-8-7-16-9-10-25(11-12-27-3)14-17(16)13-18/h4-8,13,15H,9-12,14H2,1-3H3,(H,24,26). The summed E-state index contributed by atoms with van der Waals surface area (Å²) in [6, 6.07) is 11.7. The first kappa shape index (κ1) is 20.8. The second kappa shape index (κ2) is 9.54. The van der Waals surface area contributed by atoms with Crippen LogP contribution < -0.4 is 10.1 Å². The number of fused-ring (bicyclic) bond motifs is 1. The van der Waals surface area contributed by atoms with Gasteiger partial charge in [-0.2, -0.15) is 0 Å². The molecule has 5 nitrogen and oxygen atoms in total. The second-order valence-electron chi connectivity index (χ2n) is 7.24. The monoisotopic (exact) mass is 446 g/mol. The van der Waals surface area contributed by atoms with Crippen molar-refractivity contribution in [3.05, 3.63) is 57.6 Å². The van der Waals surface area contributed by atoms with Crippen molar-refractivity contribution in [1.29, 1.82) is 0 Å². The van der Waals surface area contributed by atoms with Crippen LogP contribution in [-0.4, -0.2) is 43.7 Å². The molecule has 0 radical (unpaired) electrons. The summed E-state index contributed by atoms with van der Waals surface area (Å²) in [6.45, 7) is 7.45. The number of nitrogens with one attached hydrogen (secondary N) is 1. The SMILES string of the molecule is COCCN1CCc2ccc(NC(=O)c3cccc(Br)c3OC(C)C)cc2C1. The molecule has 6 heteroatoms. The van der Waals surface area contributed by atoms with Gasteiger partial charge in [-0.15, -0.1) is 0 Å². The van der Waals surface area contributed by atoms with Gasteiger partial charge in [0.05, 0.1) is 22.7 Å². The maximum Gasteiger partial charge on any atom is 0.259 e. The Morgan fingerprint density at radius 3 is 2.82 bits per heavy atom. The molecule has 1 aliphatic heterocycles. The quantitative estimate of drug-likeness (QED) is 0.680. The molecule has 3 rings (SSSR count). The van der Waals surface area contributed by atoms with Crippen molar-refractivity contribution in [3.63, 3.8) is 0 Å². The predicted molar refractivity (Wildman–Crippen MR) is 115 cm³/mol. The van der Waals surface area contributed by atoms with Crippen LogP contribution in [0.2, 0.25) is 0 Å². The van der Waals surface area contributed by atoms with E-state index in [1.165, 1.54) is 11.1 Å². The van der Waals surface area contributed by atoms with Gasteiger partial charge in [-0.05, 0) is 71.6 Å². The van der Waals surface area contributed by atoms with Crippen LogP contribution in [0.4, 0.5) is 5.69 Å². The minimum atomic E-state index is -0.177. The first-order valence-electron chi connectivity index (χ1n) is 9.57. The van der Waals surface area contributed by atoms with E-state index >= 15 is 0 Å². The number of rotatable bonds is 7. The molecule has 0 aromatic heterocycles. The average molecular weight is 447 g/mol. The molecular formula is C22H27BrN2O3. The van der Waals surface area contributed by atoms with Crippen molar-refractivity contribution < 1.29 is 14.3 Å². The summed E-state index contributed by atoms with van der Waals surface area (Å²) in [5.74, 6) is 0.391. The van der Waals surface area contributed by atoms with Gasteiger partial charge in [0.1, 0.15) is 5.75 Å². The van der Waals surface area contributed by atoms with Gasteiger partial charge in [0.2, 0.25) is 0 Å². The molecule has 1 N–H and O–H groups in total. The number of hydrogen-bond acceptors (Lipinski definition) is 4. The van der Waals surface area contributed by atoms with Gasteiger partial charge in [-0.1, -0.05) is 12.1 Å². The van der Waals surface area contributed by atoms with Crippen LogP contribution in [0.15, 0.2) is 40.9 Å². The van der Waals surface area contributed by atoms with Gasteiger partial charge in [0.25, 0.3) is 5.91 Å². The normalized spacial score (nSPS) is 14.0. The van der Waals surface area contributed by atoms with Crippen molar-refractivity contribution in [2.75, 3.05) is 32.1 Å². The fourth-order valence-electron chi connectivity index (χ4n) is 3.35. The highest BCUT2D eigenvalue weighted by atomic mass is 79.9. The molecule has 1 aliphatic rings. The highest BCUT2D eigenvalue weighted by Crippen LogP contribution is 2.31. The van der Waals surface area contributed by atoms with Gasteiger partial charge in [-0.3, -0.25) is 9.69 Å². The summed E-state index contributed by atoms with van der Waals surface area (Å²) in [4.78, 5) is 15.3. The first-order valence-corrected chi connectivity index (χ1v) is 10.4. The number of nitrogens with zero attached hydrogens (tertiary/aromatic N) is 1. The van der Waals surface area contributed by atoms with E-state index in [1.54, 1.807) is 13.2 Å². The average Bonchev–Trinajstić information content (AvgIpc) is 2.67. The van der Waals surface area contributed by atoms with Gasteiger partial charge in [0.15, 0.2) is 0 Å². The van der Waals surface area contributed by atoms with Gasteiger partial charge in [-0.25, -0.2) is 0 Å². The number of methoxy groups -OCH3 is 1. The molecule has 0 spiro atoms. The summed E-state index contributed by atoms with van der Waals surface area (Å²) in [5.41, 5.74) is 3.92. The van der Waals surface area contributed by atoms with Crippen LogP contribution in [0.25, 0.3) is 0 Å². The van der Waals surface area contributed by atoms with E-state index in [1.807, 2.05) is 32.0 Å². The Hall–Kier alpha value is -1.89. The van der Waals surface area contributed by atoms with E-state index in [0.29, 0.717) is 11.3 Å². The lowest BCUT2D eigenvalue weighted by molar-refractivity contribution is 0.102. The minimum Gasteiger partial charge on any atom is -0.489 e. The lowest BCUT2D eigenvalue weighted by Crippen LogP contribution is -2.33. The molecule has 0 fully saturated rings. The van der Waals surface area contributed by atoms with Crippen molar-refractivity contribution in [2.24, 2.45) is 0 Å². The molecule has 28 heavy (non-hydrogen) atoms. The number of benzene rings is 2. The van der Waals surface area contributed by atoms with Crippen LogP contribution in [0.5, 0.6) is 5.75 Å². The molecular weight excluding hydrogens is 420 g/mol. The fourth-order valence-corrected chi connectivity index (χ4v) is 3.81. The molecule has 0 unspecified atom stereocenters. The Morgan fingerprint density at radius 2 is 2.07 bits per heavy atom. The van der Waals surface area contributed by atoms with Crippen LogP contribution in [-0.2, 0) is 17.7 Å². The Kier molecular flexibility index (Phi) is 7.10. The number of amides is 1. The highest BCUT2D eigenvalue weighted by Gasteiger charge is 2.19. The lowest BCUT2D eigenvalue weighted by Gasteiger charge is -2.28. The maximum atomic E-state index is 12.9. The molecule has 1 amide bonds. The van der Waals surface area contributed by atoms with E-state index in [0.717, 1.165) is 42.8 Å². The fraction of sp³-hybridized carbons (Fsp3) is 0.409. The number of anilines is 1. The van der Waals surface area contributed by atoms with Gasteiger partial charge in [0, 0.05) is 32.4 Å². The topological polar surface area (TPSA) is 50.8 Å². The number of para-hydroxylation sites is 1. The van der Waals surface area contributed by atoms with E-state index in [9.17, 15) is 4.79 Å². The third-order valence-electron chi connectivity index (χ3n) is 4.73. The van der Waals surface area contributed by atoms with E-state index in [-0.39, 0.29) is 12.0 Å². The Bertz CT molecular complexity index is 839. The van der Waals surface area contributed by atoms with Crippen molar-refractivity contribution in [3.8, 4) is 5.75 Å². The number of halogens is 1. The molecule has 2 aromatic rings. The highest BCUT2D eigenvalue weighted by molar-refractivity contribution is 9.10. The number of hydrogen-bond donors (Lipinski definition) is 1. The van der Waals surface area contributed by atoms with Crippen molar-refractivity contribution >= 4 is 27.5 Å². The third kappa shape index (κ3) is 5.13. The summed E-state index contributed by atoms with van der Waals surface area (Å²) in [6.07, 6.45) is 0.998. The van der Waals surface area contributed by atoms with Crippen molar-refractivity contribution in [2.45, 2.75) is 32.9 Å². The van der Waals surface area contributed by atoms with Gasteiger partial charge >= 0.3 is 0 Å². The van der Waals surface area contributed by atoms with Crippen LogP contribution >= 0.6 is 15.9 Å². The molecule has 0 saturated carbocycles. The largest absolute Gasteiger partial charge is 0.489 e. The van der Waals surface area contributed by atoms with Gasteiger partial charge < -0.3 is 14.8 Å². The molecule has 0 atom stereocenters. The van der Waals surface area contributed by atoms with Crippen LogP contribution in [0.1, 0.15) is 35.3 Å². The zero-order chi connectivity index (χ0) is 20.1. The molecule has 2 aromatic carbocycles. The second-order valence-corrected chi connectivity index (χ2v) is 8.09. The number of carbonyl (C=O) groups is 1. The van der Waals surface area contributed by atoms with E-state index in [2.05, 4.69) is 38.3 Å². The summed E-state index contributed by atoms with van der Waals surface area (Å²) < 4.78 is 11.8. The Balaban J connectivity index is 1.76. The molecule has 150 valence electrons.